The van der Waals surface area contributed by atoms with Crippen LogP contribution in [0, 0.1) is 29.6 Å². The van der Waals surface area contributed by atoms with Gasteiger partial charge in [0.1, 0.15) is 12.5 Å². The van der Waals surface area contributed by atoms with Crippen molar-refractivity contribution in [1.29, 1.82) is 0 Å². The summed E-state index contributed by atoms with van der Waals surface area (Å²) in [7, 11) is 0. The SMILES string of the molecule is CCC[C@H]1C=C(C2=CC[C@H](F)CC2)[C@@H](C2CC2)CC1CN1CCC(N2CCC3=C(CC(C=O)CN3)C2=O)CC1. The zero-order chi connectivity index (χ0) is 26.9. The molecule has 6 aliphatic rings. The lowest BCUT2D eigenvalue weighted by Crippen LogP contribution is -2.52. The number of hydrogen-bond donors (Lipinski definition) is 1. The van der Waals surface area contributed by atoms with Gasteiger partial charge in [-0.3, -0.25) is 4.79 Å². The fourth-order valence-corrected chi connectivity index (χ4v) is 8.31. The molecule has 1 amide bonds. The molecular weight excluding hydrogens is 489 g/mol. The quantitative estimate of drug-likeness (QED) is 0.411. The fraction of sp³-hybridized carbons (Fsp3) is 0.758. The van der Waals surface area contributed by atoms with E-state index in [-0.39, 0.29) is 11.8 Å². The molecule has 39 heavy (non-hydrogen) atoms. The topological polar surface area (TPSA) is 52.6 Å². The molecule has 1 N–H and O–H groups in total. The molecule has 1 saturated carbocycles. The third-order valence-corrected chi connectivity index (χ3v) is 10.7. The Hall–Kier alpha value is -1.95. The van der Waals surface area contributed by atoms with Crippen molar-refractivity contribution < 1.29 is 14.0 Å². The van der Waals surface area contributed by atoms with Crippen LogP contribution in [-0.4, -0.2) is 66.9 Å². The van der Waals surface area contributed by atoms with Crippen molar-refractivity contribution in [3.8, 4) is 0 Å². The van der Waals surface area contributed by atoms with Gasteiger partial charge in [-0.1, -0.05) is 25.5 Å². The van der Waals surface area contributed by atoms with Crippen LogP contribution in [0.4, 0.5) is 4.39 Å². The summed E-state index contributed by atoms with van der Waals surface area (Å²) in [5.74, 6) is 2.94. The van der Waals surface area contributed by atoms with Gasteiger partial charge >= 0.3 is 0 Å². The summed E-state index contributed by atoms with van der Waals surface area (Å²) in [4.78, 5) is 29.5. The van der Waals surface area contributed by atoms with Gasteiger partial charge in [0, 0.05) is 62.4 Å². The Morgan fingerprint density at radius 3 is 2.62 bits per heavy atom. The van der Waals surface area contributed by atoms with Gasteiger partial charge in [0.05, 0.1) is 0 Å². The van der Waals surface area contributed by atoms with E-state index in [4.69, 9.17) is 0 Å². The Morgan fingerprint density at radius 1 is 1.10 bits per heavy atom. The first-order chi connectivity index (χ1) is 19.0. The summed E-state index contributed by atoms with van der Waals surface area (Å²) < 4.78 is 13.9. The van der Waals surface area contributed by atoms with Crippen LogP contribution in [0.3, 0.4) is 0 Å². The minimum absolute atomic E-state index is 0.0786. The van der Waals surface area contributed by atoms with Gasteiger partial charge in [-0.15, -0.1) is 0 Å². The number of aldehydes is 1. The summed E-state index contributed by atoms with van der Waals surface area (Å²) in [5, 5.41) is 3.35. The number of nitrogens with one attached hydrogen (secondary N) is 1. The Morgan fingerprint density at radius 2 is 1.92 bits per heavy atom. The molecule has 0 spiro atoms. The van der Waals surface area contributed by atoms with Crippen molar-refractivity contribution in [2.24, 2.45) is 29.6 Å². The molecule has 0 aromatic heterocycles. The van der Waals surface area contributed by atoms with Crippen LogP contribution in [0.15, 0.2) is 34.6 Å². The first-order valence-electron chi connectivity index (χ1n) is 16.0. The lowest BCUT2D eigenvalue weighted by Gasteiger charge is -2.44. The highest BCUT2D eigenvalue weighted by Crippen LogP contribution is 2.51. The highest BCUT2D eigenvalue weighted by molar-refractivity contribution is 5.96. The minimum Gasteiger partial charge on any atom is -0.387 e. The highest BCUT2D eigenvalue weighted by atomic mass is 19.1. The average molecular weight is 538 g/mol. The summed E-state index contributed by atoms with van der Waals surface area (Å²) in [6.07, 6.45) is 17.5. The van der Waals surface area contributed by atoms with Gasteiger partial charge in [-0.25, -0.2) is 4.39 Å². The van der Waals surface area contributed by atoms with Crippen LogP contribution < -0.4 is 5.32 Å². The van der Waals surface area contributed by atoms with Crippen molar-refractivity contribution in [3.05, 3.63) is 34.6 Å². The normalized spacial score (nSPS) is 34.8. The van der Waals surface area contributed by atoms with Gasteiger partial charge in [0.2, 0.25) is 0 Å². The van der Waals surface area contributed by atoms with Crippen LogP contribution in [0.1, 0.15) is 84.0 Å². The van der Waals surface area contributed by atoms with Gasteiger partial charge in [-0.05, 0) is 99.0 Å². The maximum Gasteiger partial charge on any atom is 0.251 e. The summed E-state index contributed by atoms with van der Waals surface area (Å²) >= 11 is 0. The maximum atomic E-state index is 13.9. The highest BCUT2D eigenvalue weighted by Gasteiger charge is 2.42. The second kappa shape index (κ2) is 11.9. The number of carbonyl (C=O) groups is 2. The number of likely N-dealkylation sites (tertiary alicyclic amines) is 1. The average Bonchev–Trinajstić information content (AvgIpc) is 3.81. The molecule has 1 saturated heterocycles. The van der Waals surface area contributed by atoms with Gasteiger partial charge in [0.25, 0.3) is 5.91 Å². The monoisotopic (exact) mass is 537 g/mol. The fourth-order valence-electron chi connectivity index (χ4n) is 8.31. The van der Waals surface area contributed by atoms with Crippen molar-refractivity contribution in [2.75, 3.05) is 32.7 Å². The van der Waals surface area contributed by atoms with Gasteiger partial charge in [-0.2, -0.15) is 0 Å². The van der Waals surface area contributed by atoms with Crippen LogP contribution >= 0.6 is 0 Å². The maximum absolute atomic E-state index is 13.9. The molecule has 6 heteroatoms. The first-order valence-corrected chi connectivity index (χ1v) is 16.0. The molecule has 3 aliphatic carbocycles. The van der Waals surface area contributed by atoms with Crippen LogP contribution in [0.25, 0.3) is 0 Å². The molecule has 6 rings (SSSR count). The van der Waals surface area contributed by atoms with E-state index >= 15 is 0 Å². The molecule has 2 unspecified atom stereocenters. The summed E-state index contributed by atoms with van der Waals surface area (Å²) in [5.41, 5.74) is 5.01. The van der Waals surface area contributed by atoms with E-state index in [1.54, 1.807) is 5.57 Å². The minimum atomic E-state index is -0.647. The number of alkyl halides is 1. The van der Waals surface area contributed by atoms with E-state index in [0.717, 1.165) is 68.8 Å². The Balaban J connectivity index is 1.09. The molecule has 5 atom stereocenters. The van der Waals surface area contributed by atoms with Crippen molar-refractivity contribution in [1.82, 2.24) is 15.1 Å². The molecule has 0 radical (unpaired) electrons. The second-order valence-corrected chi connectivity index (χ2v) is 13.3. The zero-order valence-electron chi connectivity index (χ0n) is 23.9. The van der Waals surface area contributed by atoms with Crippen molar-refractivity contribution >= 4 is 12.2 Å². The van der Waals surface area contributed by atoms with Crippen molar-refractivity contribution in [2.45, 2.75) is 96.2 Å². The molecule has 3 heterocycles. The molecule has 0 bridgehead atoms. The number of rotatable bonds is 8. The van der Waals surface area contributed by atoms with E-state index in [1.165, 1.54) is 44.2 Å². The summed E-state index contributed by atoms with van der Waals surface area (Å²) in [6.45, 7) is 7.09. The van der Waals surface area contributed by atoms with E-state index in [1.807, 2.05) is 0 Å². The smallest absolute Gasteiger partial charge is 0.251 e. The Bertz CT molecular complexity index is 1020. The van der Waals surface area contributed by atoms with E-state index < -0.39 is 6.17 Å². The summed E-state index contributed by atoms with van der Waals surface area (Å²) in [6, 6.07) is 0.320. The molecule has 2 fully saturated rings. The van der Waals surface area contributed by atoms with Crippen LogP contribution in [-0.2, 0) is 9.59 Å². The molecule has 214 valence electrons. The zero-order valence-corrected chi connectivity index (χ0v) is 23.9. The molecule has 0 aromatic rings. The molecular formula is C33H48FN3O2. The second-order valence-electron chi connectivity index (χ2n) is 13.3. The first kappa shape index (κ1) is 27.2. The number of amides is 1. The largest absolute Gasteiger partial charge is 0.387 e. The number of allylic oxidation sites excluding steroid dienone is 4. The predicted molar refractivity (Wildman–Crippen MR) is 153 cm³/mol. The third-order valence-electron chi connectivity index (χ3n) is 10.7. The van der Waals surface area contributed by atoms with E-state index in [9.17, 15) is 14.0 Å². The van der Waals surface area contributed by atoms with Gasteiger partial charge < -0.3 is 19.9 Å². The van der Waals surface area contributed by atoms with Crippen molar-refractivity contribution in [3.63, 3.8) is 0 Å². The number of nitrogens with zero attached hydrogens (tertiary/aromatic N) is 2. The van der Waals surface area contributed by atoms with Gasteiger partial charge in [0.15, 0.2) is 0 Å². The van der Waals surface area contributed by atoms with E-state index in [2.05, 4.69) is 34.2 Å². The predicted octanol–water partition coefficient (Wildman–Crippen LogP) is 5.58. The molecule has 5 nitrogen and oxygen atoms in total. The lowest BCUT2D eigenvalue weighted by atomic mass is 9.68. The third kappa shape index (κ3) is 5.92. The van der Waals surface area contributed by atoms with Crippen LogP contribution in [0.5, 0.6) is 0 Å². The number of piperidine rings is 1. The van der Waals surface area contributed by atoms with Crippen LogP contribution in [0.2, 0.25) is 0 Å². The number of halogens is 1. The standard InChI is InChI=1S/C33H48FN3O2/c1-2-3-25-17-29(24-6-8-27(34)9-7-24)30(23-4-5-23)18-26(25)20-36-13-10-28(11-14-36)37-15-12-32-31(33(37)39)16-22(21-38)19-35-32/h6,17,21-23,25-28,30,35H,2-5,7-16,18-20H2,1H3/t22?,25-,26?,27-,30+/m0/s1. The Labute approximate surface area is 234 Å². The van der Waals surface area contributed by atoms with E-state index in [0.29, 0.717) is 49.6 Å². The number of carbonyl (C=O) groups excluding carboxylic acids is 2. The molecule has 0 aromatic carbocycles. The number of hydrogen-bond acceptors (Lipinski definition) is 4. The Kier molecular flexibility index (Phi) is 8.30. The lowest BCUT2D eigenvalue weighted by molar-refractivity contribution is -0.131. The molecule has 3 aliphatic heterocycles.